The van der Waals surface area contributed by atoms with Crippen molar-refractivity contribution in [1.29, 1.82) is 0 Å². The molecule has 0 atom stereocenters. The van der Waals surface area contributed by atoms with E-state index in [-0.39, 0.29) is 16.3 Å². The van der Waals surface area contributed by atoms with E-state index in [2.05, 4.69) is 5.32 Å². The van der Waals surface area contributed by atoms with Crippen LogP contribution in [-0.4, -0.2) is 20.9 Å². The second kappa shape index (κ2) is 9.84. The minimum atomic E-state index is -4.71. The topological polar surface area (TPSA) is 66.5 Å². The first-order valence-electron chi connectivity index (χ1n) is 9.85. The molecule has 0 spiro atoms. The van der Waals surface area contributed by atoms with E-state index in [0.717, 1.165) is 22.4 Å². The van der Waals surface area contributed by atoms with Crippen LogP contribution in [-0.2, 0) is 27.4 Å². The van der Waals surface area contributed by atoms with E-state index in [1.54, 1.807) is 42.5 Å². The number of carbonyl (C=O) groups is 1. The quantitative estimate of drug-likeness (QED) is 0.452. The molecule has 0 unspecified atom stereocenters. The van der Waals surface area contributed by atoms with Gasteiger partial charge in [-0.2, -0.15) is 13.2 Å². The average Bonchev–Trinajstić information content (AvgIpc) is 2.78. The van der Waals surface area contributed by atoms with E-state index in [0.29, 0.717) is 6.07 Å². The average molecular weight is 497 g/mol. The number of sulfonamides is 1. The van der Waals surface area contributed by atoms with Crippen molar-refractivity contribution in [2.24, 2.45) is 0 Å². The fourth-order valence-electron chi connectivity index (χ4n) is 3.08. The zero-order chi connectivity index (χ0) is 24.2. The molecule has 0 aliphatic heterocycles. The third-order valence-electron chi connectivity index (χ3n) is 4.81. The van der Waals surface area contributed by atoms with Gasteiger partial charge in [-0.3, -0.25) is 9.10 Å². The Morgan fingerprint density at radius 2 is 1.64 bits per heavy atom. The van der Waals surface area contributed by atoms with Gasteiger partial charge in [-0.15, -0.1) is 0 Å². The number of aryl methyl sites for hydroxylation is 1. The van der Waals surface area contributed by atoms with Crippen LogP contribution in [0.3, 0.4) is 0 Å². The minimum Gasteiger partial charge on any atom is -0.324 e. The van der Waals surface area contributed by atoms with Crippen LogP contribution in [0.1, 0.15) is 18.1 Å². The second-order valence-electron chi connectivity index (χ2n) is 7.09. The molecule has 1 N–H and O–H groups in total. The van der Waals surface area contributed by atoms with Gasteiger partial charge in [-0.05, 0) is 54.4 Å². The maximum atomic E-state index is 13.3. The van der Waals surface area contributed by atoms with E-state index in [4.69, 9.17) is 11.6 Å². The molecule has 3 aromatic carbocycles. The van der Waals surface area contributed by atoms with Gasteiger partial charge in [0.1, 0.15) is 6.54 Å². The maximum Gasteiger partial charge on any atom is 0.417 e. The normalized spacial score (nSPS) is 11.8. The monoisotopic (exact) mass is 496 g/mol. The van der Waals surface area contributed by atoms with Gasteiger partial charge in [0, 0.05) is 5.69 Å². The molecule has 1 amide bonds. The largest absolute Gasteiger partial charge is 0.417 e. The third-order valence-corrected chi connectivity index (χ3v) is 6.92. The van der Waals surface area contributed by atoms with Crippen molar-refractivity contribution < 1.29 is 26.4 Å². The number of benzene rings is 3. The number of rotatable bonds is 7. The molecule has 3 rings (SSSR count). The van der Waals surface area contributed by atoms with Crippen LogP contribution in [0.5, 0.6) is 0 Å². The van der Waals surface area contributed by atoms with Crippen molar-refractivity contribution in [3.63, 3.8) is 0 Å². The first kappa shape index (κ1) is 24.6. The number of anilines is 2. The van der Waals surface area contributed by atoms with E-state index in [1.807, 2.05) is 6.92 Å². The van der Waals surface area contributed by atoms with Crippen LogP contribution in [0.15, 0.2) is 77.7 Å². The van der Waals surface area contributed by atoms with Crippen molar-refractivity contribution in [2.75, 3.05) is 16.2 Å². The summed E-state index contributed by atoms with van der Waals surface area (Å²) in [5.41, 5.74) is -0.0413. The van der Waals surface area contributed by atoms with Gasteiger partial charge in [0.25, 0.3) is 10.0 Å². The summed E-state index contributed by atoms with van der Waals surface area (Å²) >= 11 is 5.61. The Kier molecular flexibility index (Phi) is 7.34. The zero-order valence-corrected chi connectivity index (χ0v) is 19.0. The van der Waals surface area contributed by atoms with E-state index < -0.39 is 39.2 Å². The Balaban J connectivity index is 1.93. The summed E-state index contributed by atoms with van der Waals surface area (Å²) < 4.78 is 66.8. The standard InChI is InChI=1S/C23H20ClF3N2O3S/c1-2-16-8-11-18(12-9-16)29(33(31,32)19-6-4-3-5-7-19)15-22(30)28-17-10-13-21(24)20(14-17)23(25,26)27/h3-14H,2,15H2,1H3,(H,28,30). The molecule has 0 aromatic heterocycles. The maximum absolute atomic E-state index is 13.3. The van der Waals surface area contributed by atoms with E-state index in [9.17, 15) is 26.4 Å². The van der Waals surface area contributed by atoms with Crippen LogP contribution in [0.2, 0.25) is 5.02 Å². The molecule has 0 fully saturated rings. The fraction of sp³-hybridized carbons (Fsp3) is 0.174. The van der Waals surface area contributed by atoms with Gasteiger partial charge in [0.15, 0.2) is 0 Å². The molecule has 0 aliphatic rings. The Bertz CT molecular complexity index is 1230. The van der Waals surface area contributed by atoms with Gasteiger partial charge in [-0.1, -0.05) is 48.9 Å². The lowest BCUT2D eigenvalue weighted by molar-refractivity contribution is -0.137. The second-order valence-corrected chi connectivity index (χ2v) is 9.35. The fourth-order valence-corrected chi connectivity index (χ4v) is 4.75. The molecular formula is C23H20ClF3N2O3S. The SMILES string of the molecule is CCc1ccc(N(CC(=O)Nc2ccc(Cl)c(C(F)(F)F)c2)S(=O)(=O)c2ccccc2)cc1. The minimum absolute atomic E-state index is 0.0248. The van der Waals surface area contributed by atoms with Gasteiger partial charge in [0.05, 0.1) is 21.2 Å². The van der Waals surface area contributed by atoms with Crippen LogP contribution in [0, 0.1) is 0 Å². The predicted octanol–water partition coefficient (Wildman–Crippen LogP) is 5.76. The summed E-state index contributed by atoms with van der Waals surface area (Å²) in [6.45, 7) is 1.30. The summed E-state index contributed by atoms with van der Waals surface area (Å²) in [5, 5.41) is 1.81. The molecule has 174 valence electrons. The molecule has 0 radical (unpaired) electrons. The predicted molar refractivity (Wildman–Crippen MR) is 122 cm³/mol. The van der Waals surface area contributed by atoms with Crippen molar-refractivity contribution in [3.8, 4) is 0 Å². The lowest BCUT2D eigenvalue weighted by Crippen LogP contribution is -2.38. The summed E-state index contributed by atoms with van der Waals surface area (Å²) in [7, 11) is -4.13. The number of alkyl halides is 3. The lowest BCUT2D eigenvalue weighted by Gasteiger charge is -2.24. The first-order valence-corrected chi connectivity index (χ1v) is 11.7. The van der Waals surface area contributed by atoms with Crippen LogP contribution >= 0.6 is 11.6 Å². The number of hydrogen-bond donors (Lipinski definition) is 1. The number of carbonyl (C=O) groups excluding carboxylic acids is 1. The number of amides is 1. The van der Waals surface area contributed by atoms with Gasteiger partial charge >= 0.3 is 6.18 Å². The summed E-state index contributed by atoms with van der Waals surface area (Å²) in [6, 6.07) is 17.1. The smallest absolute Gasteiger partial charge is 0.324 e. The van der Waals surface area contributed by atoms with Gasteiger partial charge in [0.2, 0.25) is 5.91 Å². The lowest BCUT2D eigenvalue weighted by atomic mass is 10.1. The summed E-state index contributed by atoms with van der Waals surface area (Å²) in [5.74, 6) is -0.815. The Morgan fingerprint density at radius 3 is 2.21 bits per heavy atom. The molecule has 33 heavy (non-hydrogen) atoms. The van der Waals surface area contributed by atoms with Gasteiger partial charge < -0.3 is 5.32 Å². The van der Waals surface area contributed by atoms with Crippen LogP contribution in [0.4, 0.5) is 24.5 Å². The molecule has 3 aromatic rings. The highest BCUT2D eigenvalue weighted by molar-refractivity contribution is 7.92. The highest BCUT2D eigenvalue weighted by Crippen LogP contribution is 2.36. The first-order chi connectivity index (χ1) is 15.5. The molecule has 0 heterocycles. The summed E-state index contributed by atoms with van der Waals surface area (Å²) in [4.78, 5) is 12.7. The Morgan fingerprint density at radius 1 is 1.00 bits per heavy atom. The van der Waals surface area contributed by atoms with Crippen molar-refractivity contribution >= 4 is 38.9 Å². The Hall–Kier alpha value is -3.04. The molecule has 0 aliphatic carbocycles. The number of nitrogens with one attached hydrogen (secondary N) is 1. The molecular weight excluding hydrogens is 477 g/mol. The molecule has 5 nitrogen and oxygen atoms in total. The van der Waals surface area contributed by atoms with Crippen molar-refractivity contribution in [1.82, 2.24) is 0 Å². The Labute approximate surface area is 194 Å². The molecule has 0 bridgehead atoms. The molecule has 10 heteroatoms. The summed E-state index contributed by atoms with van der Waals surface area (Å²) in [6.07, 6.45) is -3.97. The molecule has 0 saturated heterocycles. The number of halogens is 4. The van der Waals surface area contributed by atoms with Gasteiger partial charge in [-0.25, -0.2) is 8.42 Å². The van der Waals surface area contributed by atoms with E-state index in [1.165, 1.54) is 18.2 Å². The van der Waals surface area contributed by atoms with Crippen LogP contribution in [0.25, 0.3) is 0 Å². The number of hydrogen-bond acceptors (Lipinski definition) is 3. The highest BCUT2D eigenvalue weighted by Gasteiger charge is 2.33. The third kappa shape index (κ3) is 5.85. The van der Waals surface area contributed by atoms with Crippen LogP contribution < -0.4 is 9.62 Å². The molecule has 0 saturated carbocycles. The highest BCUT2D eigenvalue weighted by atomic mass is 35.5. The number of nitrogens with zero attached hydrogens (tertiary/aromatic N) is 1. The van der Waals surface area contributed by atoms with E-state index >= 15 is 0 Å². The van der Waals surface area contributed by atoms with Crippen molar-refractivity contribution in [3.05, 3.63) is 88.9 Å². The van der Waals surface area contributed by atoms with Crippen molar-refractivity contribution in [2.45, 2.75) is 24.4 Å². The zero-order valence-electron chi connectivity index (χ0n) is 17.4.